The molecule has 0 aliphatic heterocycles. The van der Waals surface area contributed by atoms with E-state index in [1.54, 1.807) is 17.7 Å². The van der Waals surface area contributed by atoms with Gasteiger partial charge in [0.05, 0.1) is 6.33 Å². The average Bonchev–Trinajstić information content (AvgIpc) is 2.97. The number of nitrogens with two attached hydrogens (primary N) is 1. The fourth-order valence-corrected chi connectivity index (χ4v) is 2.41. The van der Waals surface area contributed by atoms with Crippen molar-refractivity contribution in [1.82, 2.24) is 19.9 Å². The molecule has 0 aliphatic rings. The molecule has 0 spiro atoms. The highest BCUT2D eigenvalue weighted by Crippen LogP contribution is 2.14. The zero-order chi connectivity index (χ0) is 11.7. The van der Waals surface area contributed by atoms with E-state index in [1.165, 1.54) is 5.56 Å². The van der Waals surface area contributed by atoms with Crippen molar-refractivity contribution in [2.24, 2.45) is 0 Å². The second kappa shape index (κ2) is 4.14. The zero-order valence-corrected chi connectivity index (χ0v) is 9.87. The Morgan fingerprint density at radius 3 is 3.06 bits per heavy atom. The molecule has 3 heterocycles. The molecule has 3 aromatic heterocycles. The molecule has 0 fully saturated rings. The van der Waals surface area contributed by atoms with Crippen LogP contribution in [-0.2, 0) is 12.8 Å². The maximum Gasteiger partial charge on any atom is 0.183 e. The van der Waals surface area contributed by atoms with Crippen LogP contribution in [0.5, 0.6) is 0 Å². The first kappa shape index (κ1) is 10.2. The molecule has 0 unspecified atom stereocenters. The SMILES string of the molecule is Nc1nc(CCc2ccsc2)nc2nc[nH]c12. The van der Waals surface area contributed by atoms with E-state index in [2.05, 4.69) is 36.8 Å². The Hall–Kier alpha value is -1.95. The topological polar surface area (TPSA) is 80.5 Å². The monoisotopic (exact) mass is 245 g/mol. The minimum Gasteiger partial charge on any atom is -0.382 e. The molecule has 0 saturated carbocycles. The summed E-state index contributed by atoms with van der Waals surface area (Å²) in [7, 11) is 0. The fourth-order valence-electron chi connectivity index (χ4n) is 1.71. The summed E-state index contributed by atoms with van der Waals surface area (Å²) in [6, 6.07) is 2.11. The summed E-state index contributed by atoms with van der Waals surface area (Å²) in [6.07, 6.45) is 3.29. The van der Waals surface area contributed by atoms with Crippen LogP contribution in [0, 0.1) is 0 Å². The number of fused-ring (bicyclic) bond motifs is 1. The number of nitrogens with one attached hydrogen (secondary N) is 1. The van der Waals surface area contributed by atoms with Gasteiger partial charge < -0.3 is 10.7 Å². The van der Waals surface area contributed by atoms with Gasteiger partial charge in [0.2, 0.25) is 0 Å². The molecule has 3 aromatic rings. The number of thiophene rings is 1. The van der Waals surface area contributed by atoms with Gasteiger partial charge in [-0.1, -0.05) is 0 Å². The smallest absolute Gasteiger partial charge is 0.183 e. The number of aromatic nitrogens is 4. The number of nitrogen functional groups attached to an aromatic ring is 1. The highest BCUT2D eigenvalue weighted by atomic mass is 32.1. The predicted octanol–water partition coefficient (Wildman–Crippen LogP) is 1.78. The molecule has 3 rings (SSSR count). The summed E-state index contributed by atoms with van der Waals surface area (Å²) in [5.41, 5.74) is 8.48. The minimum absolute atomic E-state index is 0.466. The molecule has 0 radical (unpaired) electrons. The quantitative estimate of drug-likeness (QED) is 0.737. The van der Waals surface area contributed by atoms with Gasteiger partial charge in [0.1, 0.15) is 11.3 Å². The van der Waals surface area contributed by atoms with Crippen LogP contribution in [0.15, 0.2) is 23.2 Å². The van der Waals surface area contributed by atoms with E-state index in [1.807, 2.05) is 0 Å². The Morgan fingerprint density at radius 2 is 2.24 bits per heavy atom. The molecule has 0 amide bonds. The fraction of sp³-hybridized carbons (Fsp3) is 0.182. The third kappa shape index (κ3) is 1.99. The maximum absolute atomic E-state index is 5.83. The van der Waals surface area contributed by atoms with Crippen LogP contribution in [0.1, 0.15) is 11.4 Å². The summed E-state index contributed by atoms with van der Waals surface area (Å²) < 4.78 is 0. The summed E-state index contributed by atoms with van der Waals surface area (Å²) in [5, 5.41) is 4.21. The number of anilines is 1. The molecule has 0 atom stereocenters. The summed E-state index contributed by atoms with van der Waals surface area (Å²) in [5.74, 6) is 1.21. The lowest BCUT2D eigenvalue weighted by atomic mass is 10.2. The lowest BCUT2D eigenvalue weighted by molar-refractivity contribution is 0.873. The average molecular weight is 245 g/mol. The number of rotatable bonds is 3. The third-order valence-electron chi connectivity index (χ3n) is 2.58. The number of hydrogen-bond donors (Lipinski definition) is 2. The molecule has 17 heavy (non-hydrogen) atoms. The number of nitrogens with zero attached hydrogens (tertiary/aromatic N) is 3. The first-order valence-electron chi connectivity index (χ1n) is 5.29. The molecule has 0 aromatic carbocycles. The molecule has 0 saturated heterocycles. The number of imidazole rings is 1. The third-order valence-corrected chi connectivity index (χ3v) is 3.31. The van der Waals surface area contributed by atoms with Gasteiger partial charge in [-0.3, -0.25) is 0 Å². The second-order valence-electron chi connectivity index (χ2n) is 3.76. The molecule has 0 bridgehead atoms. The Kier molecular flexibility index (Phi) is 2.49. The van der Waals surface area contributed by atoms with Crippen molar-refractivity contribution >= 4 is 28.3 Å². The van der Waals surface area contributed by atoms with Gasteiger partial charge in [-0.25, -0.2) is 15.0 Å². The molecule has 3 N–H and O–H groups in total. The highest BCUT2D eigenvalue weighted by molar-refractivity contribution is 7.07. The molecule has 5 nitrogen and oxygen atoms in total. The molecule has 86 valence electrons. The van der Waals surface area contributed by atoms with Crippen molar-refractivity contribution in [2.45, 2.75) is 12.8 Å². The first-order chi connectivity index (χ1) is 8.33. The van der Waals surface area contributed by atoms with Gasteiger partial charge in [0.25, 0.3) is 0 Å². The van der Waals surface area contributed by atoms with Gasteiger partial charge >= 0.3 is 0 Å². The summed E-state index contributed by atoms with van der Waals surface area (Å²) in [6.45, 7) is 0. The standard InChI is InChI=1S/C11H11N5S/c12-10-9-11(14-6-13-9)16-8(15-10)2-1-7-3-4-17-5-7/h3-6H,1-2H2,(H3,12,13,14,15,16). The molecule has 0 aliphatic carbocycles. The molecular weight excluding hydrogens is 234 g/mol. The number of H-pyrrole nitrogens is 1. The van der Waals surface area contributed by atoms with Crippen LogP contribution in [0.4, 0.5) is 5.82 Å². The van der Waals surface area contributed by atoms with E-state index in [0.717, 1.165) is 18.7 Å². The van der Waals surface area contributed by atoms with E-state index < -0.39 is 0 Å². The Balaban J connectivity index is 1.85. The van der Waals surface area contributed by atoms with Crippen LogP contribution < -0.4 is 5.73 Å². The Bertz CT molecular complexity index is 628. The van der Waals surface area contributed by atoms with Crippen LogP contribution in [0.3, 0.4) is 0 Å². The van der Waals surface area contributed by atoms with Gasteiger partial charge in [-0.05, 0) is 28.8 Å². The van der Waals surface area contributed by atoms with Crippen LogP contribution in [0.2, 0.25) is 0 Å². The summed E-state index contributed by atoms with van der Waals surface area (Å²) in [4.78, 5) is 15.7. The van der Waals surface area contributed by atoms with Crippen molar-refractivity contribution in [3.63, 3.8) is 0 Å². The zero-order valence-electron chi connectivity index (χ0n) is 9.05. The van der Waals surface area contributed by atoms with E-state index >= 15 is 0 Å². The maximum atomic E-state index is 5.83. The van der Waals surface area contributed by atoms with Crippen molar-refractivity contribution in [3.8, 4) is 0 Å². The van der Waals surface area contributed by atoms with E-state index in [4.69, 9.17) is 5.73 Å². The minimum atomic E-state index is 0.466. The lowest BCUT2D eigenvalue weighted by Crippen LogP contribution is -2.02. The van der Waals surface area contributed by atoms with Crippen molar-refractivity contribution in [1.29, 1.82) is 0 Å². The van der Waals surface area contributed by atoms with Crippen molar-refractivity contribution < 1.29 is 0 Å². The highest BCUT2D eigenvalue weighted by Gasteiger charge is 2.07. The Labute approximate surface area is 102 Å². The normalized spacial score (nSPS) is 11.1. The van der Waals surface area contributed by atoms with Crippen LogP contribution >= 0.6 is 11.3 Å². The van der Waals surface area contributed by atoms with E-state index in [-0.39, 0.29) is 0 Å². The van der Waals surface area contributed by atoms with Gasteiger partial charge in [0, 0.05) is 6.42 Å². The second-order valence-corrected chi connectivity index (χ2v) is 4.54. The van der Waals surface area contributed by atoms with Crippen molar-refractivity contribution in [3.05, 3.63) is 34.5 Å². The molecular formula is C11H11N5S. The largest absolute Gasteiger partial charge is 0.382 e. The number of hydrogen-bond acceptors (Lipinski definition) is 5. The van der Waals surface area contributed by atoms with Gasteiger partial charge in [-0.2, -0.15) is 11.3 Å². The first-order valence-corrected chi connectivity index (χ1v) is 6.24. The number of aromatic amines is 1. The van der Waals surface area contributed by atoms with Gasteiger partial charge in [-0.15, -0.1) is 0 Å². The van der Waals surface area contributed by atoms with Gasteiger partial charge in [0.15, 0.2) is 11.5 Å². The predicted molar refractivity (Wildman–Crippen MR) is 67.8 cm³/mol. The molecule has 6 heteroatoms. The van der Waals surface area contributed by atoms with Crippen molar-refractivity contribution in [2.75, 3.05) is 5.73 Å². The Morgan fingerprint density at radius 1 is 1.29 bits per heavy atom. The van der Waals surface area contributed by atoms with E-state index in [0.29, 0.717) is 17.0 Å². The number of aryl methyl sites for hydroxylation is 2. The van der Waals surface area contributed by atoms with Crippen LogP contribution in [-0.4, -0.2) is 19.9 Å². The van der Waals surface area contributed by atoms with Crippen LogP contribution in [0.25, 0.3) is 11.2 Å². The lowest BCUT2D eigenvalue weighted by Gasteiger charge is -2.00. The summed E-state index contributed by atoms with van der Waals surface area (Å²) >= 11 is 1.70. The van der Waals surface area contributed by atoms with E-state index in [9.17, 15) is 0 Å².